The highest BCUT2D eigenvalue weighted by Gasteiger charge is 2.35. The second kappa shape index (κ2) is 8.74. The van der Waals surface area contributed by atoms with Gasteiger partial charge in [-0.25, -0.2) is 0 Å². The van der Waals surface area contributed by atoms with Crippen molar-refractivity contribution in [1.82, 2.24) is 4.57 Å². The van der Waals surface area contributed by atoms with Gasteiger partial charge in [0.05, 0.1) is 11.3 Å². The van der Waals surface area contributed by atoms with Crippen molar-refractivity contribution in [2.45, 2.75) is 39.5 Å². The molecule has 0 atom stereocenters. The highest BCUT2D eigenvalue weighted by Crippen LogP contribution is 2.35. The number of hydrogen-bond acceptors (Lipinski definition) is 2. The van der Waals surface area contributed by atoms with Crippen LogP contribution in [0.5, 0.6) is 5.75 Å². The molecule has 0 amide bonds. The van der Waals surface area contributed by atoms with Gasteiger partial charge in [-0.2, -0.15) is 13.2 Å². The minimum Gasteiger partial charge on any atom is -0.487 e. The Morgan fingerprint density at radius 3 is 2.34 bits per heavy atom. The molecule has 0 saturated carbocycles. The maximum absolute atomic E-state index is 13.5. The van der Waals surface area contributed by atoms with Crippen molar-refractivity contribution in [1.29, 1.82) is 0 Å². The summed E-state index contributed by atoms with van der Waals surface area (Å²) >= 11 is 0. The Bertz CT molecular complexity index is 962. The van der Waals surface area contributed by atoms with Gasteiger partial charge in [-0.3, -0.25) is 0 Å². The fourth-order valence-corrected chi connectivity index (χ4v) is 3.40. The summed E-state index contributed by atoms with van der Waals surface area (Å²) in [6, 6.07) is 13.7. The van der Waals surface area contributed by atoms with Gasteiger partial charge in [-0.1, -0.05) is 24.3 Å². The number of para-hydroxylation sites is 1. The number of aliphatic hydroxyl groups excluding tert-OH is 1. The van der Waals surface area contributed by atoms with Gasteiger partial charge in [-0.05, 0) is 67.6 Å². The molecule has 3 rings (SSSR count). The molecule has 0 saturated heterocycles. The Morgan fingerprint density at radius 1 is 0.966 bits per heavy atom. The number of ether oxygens (including phenoxy) is 1. The maximum Gasteiger partial charge on any atom is 0.418 e. The first-order valence-corrected chi connectivity index (χ1v) is 9.48. The molecule has 0 aliphatic heterocycles. The summed E-state index contributed by atoms with van der Waals surface area (Å²) in [6.45, 7) is 3.77. The van der Waals surface area contributed by atoms with Crippen LogP contribution in [0.3, 0.4) is 0 Å². The summed E-state index contributed by atoms with van der Waals surface area (Å²) in [7, 11) is 0. The summed E-state index contributed by atoms with van der Waals surface area (Å²) in [5.74, 6) is 0.559. The molecular weight excluding hydrogens is 379 g/mol. The molecule has 0 unspecified atom stereocenters. The number of rotatable bonds is 7. The van der Waals surface area contributed by atoms with Crippen molar-refractivity contribution >= 4 is 0 Å². The summed E-state index contributed by atoms with van der Waals surface area (Å²) in [5, 5.41) is 9.02. The second-order valence-electron chi connectivity index (χ2n) is 6.97. The van der Waals surface area contributed by atoms with Crippen molar-refractivity contribution in [2.75, 3.05) is 6.61 Å². The average Bonchev–Trinajstić information content (AvgIpc) is 3.13. The van der Waals surface area contributed by atoms with Crippen LogP contribution >= 0.6 is 0 Å². The molecule has 0 spiro atoms. The third-order valence-electron chi connectivity index (χ3n) is 5.15. The minimum atomic E-state index is -4.46. The predicted octanol–water partition coefficient (Wildman–Crippen LogP) is 5.62. The molecule has 2 aromatic carbocycles. The summed E-state index contributed by atoms with van der Waals surface area (Å²) in [6.07, 6.45) is -1.62. The Balaban J connectivity index is 1.91. The lowest BCUT2D eigenvalue weighted by atomic mass is 9.99. The first-order chi connectivity index (χ1) is 13.8. The van der Waals surface area contributed by atoms with E-state index in [1.807, 2.05) is 26.0 Å². The lowest BCUT2D eigenvalue weighted by molar-refractivity contribution is -0.138. The zero-order valence-electron chi connectivity index (χ0n) is 16.5. The number of benzene rings is 2. The van der Waals surface area contributed by atoms with Gasteiger partial charge in [-0.15, -0.1) is 0 Å². The topological polar surface area (TPSA) is 34.4 Å². The minimum absolute atomic E-state index is 0.0603. The van der Waals surface area contributed by atoms with Gasteiger partial charge in [0.15, 0.2) is 0 Å². The van der Waals surface area contributed by atoms with Gasteiger partial charge >= 0.3 is 6.18 Å². The van der Waals surface area contributed by atoms with Crippen LogP contribution < -0.4 is 4.74 Å². The highest BCUT2D eigenvalue weighted by atomic mass is 19.4. The number of alkyl halides is 3. The monoisotopic (exact) mass is 403 g/mol. The number of aliphatic hydroxyl groups is 1. The molecular formula is C23H24F3NO2. The number of nitrogens with zero attached hydrogens (tertiary/aromatic N) is 1. The second-order valence-corrected chi connectivity index (χ2v) is 6.97. The van der Waals surface area contributed by atoms with E-state index in [0.29, 0.717) is 17.9 Å². The molecule has 6 heteroatoms. The first-order valence-electron chi connectivity index (χ1n) is 9.48. The number of hydrogen-bond donors (Lipinski definition) is 1. The van der Waals surface area contributed by atoms with Gasteiger partial charge in [0, 0.05) is 18.5 Å². The van der Waals surface area contributed by atoms with Crippen LogP contribution in [0.1, 0.15) is 34.4 Å². The van der Waals surface area contributed by atoms with Gasteiger partial charge < -0.3 is 14.4 Å². The fraction of sp³-hybridized carbons (Fsp3) is 0.304. The number of aromatic nitrogens is 1. The largest absolute Gasteiger partial charge is 0.487 e. The molecule has 3 nitrogen and oxygen atoms in total. The Kier molecular flexibility index (Phi) is 6.33. The Hall–Kier alpha value is -2.73. The molecule has 154 valence electrons. The van der Waals surface area contributed by atoms with E-state index in [4.69, 9.17) is 9.84 Å². The average molecular weight is 403 g/mol. The van der Waals surface area contributed by atoms with E-state index in [9.17, 15) is 13.2 Å². The van der Waals surface area contributed by atoms with Gasteiger partial charge in [0.2, 0.25) is 0 Å². The lowest BCUT2D eigenvalue weighted by Crippen LogP contribution is -2.13. The zero-order valence-corrected chi connectivity index (χ0v) is 16.5. The van der Waals surface area contributed by atoms with Crippen molar-refractivity contribution in [3.05, 3.63) is 82.7 Å². The lowest BCUT2D eigenvalue weighted by Gasteiger charge is -2.17. The molecule has 1 heterocycles. The predicted molar refractivity (Wildman–Crippen MR) is 106 cm³/mol. The van der Waals surface area contributed by atoms with Crippen molar-refractivity contribution in [3.8, 4) is 11.4 Å². The first kappa shape index (κ1) is 21.0. The van der Waals surface area contributed by atoms with E-state index in [1.54, 1.807) is 30.3 Å². The normalized spacial score (nSPS) is 11.7. The molecule has 0 aliphatic rings. The SMILES string of the molecule is Cc1c(CCCO)ccc(OCc2c(C(F)(F)F)ccn2-c2ccccc2)c1C. The molecule has 0 bridgehead atoms. The standard InChI is InChI=1S/C23H24F3NO2/c1-16-17(2)22(11-10-18(16)7-6-14-28)29-15-21-20(23(24,25)26)12-13-27(21)19-8-4-3-5-9-19/h3-5,8-13,28H,6-7,14-15H2,1-2H3. The van der Waals surface area contributed by atoms with Crippen LogP contribution in [0.15, 0.2) is 54.7 Å². The van der Waals surface area contributed by atoms with Crippen molar-refractivity contribution < 1.29 is 23.0 Å². The zero-order chi connectivity index (χ0) is 21.0. The Labute approximate surface area is 168 Å². The van der Waals surface area contributed by atoms with Crippen LogP contribution in [-0.4, -0.2) is 16.3 Å². The summed E-state index contributed by atoms with van der Waals surface area (Å²) in [5.41, 5.74) is 3.04. The fourth-order valence-electron chi connectivity index (χ4n) is 3.40. The van der Waals surface area contributed by atoms with Crippen LogP contribution in [0.2, 0.25) is 0 Å². The van der Waals surface area contributed by atoms with Crippen LogP contribution in [-0.2, 0) is 19.2 Å². The van der Waals surface area contributed by atoms with E-state index in [0.717, 1.165) is 29.2 Å². The molecule has 0 radical (unpaired) electrons. The molecule has 1 aromatic heterocycles. The van der Waals surface area contributed by atoms with Crippen LogP contribution in [0.4, 0.5) is 13.2 Å². The van der Waals surface area contributed by atoms with Gasteiger partial charge in [0.1, 0.15) is 12.4 Å². The maximum atomic E-state index is 13.5. The molecule has 0 aliphatic carbocycles. The number of aryl methyl sites for hydroxylation is 1. The molecule has 0 fully saturated rings. The highest BCUT2D eigenvalue weighted by molar-refractivity contribution is 5.44. The van der Waals surface area contributed by atoms with Crippen molar-refractivity contribution in [3.63, 3.8) is 0 Å². The van der Waals surface area contributed by atoms with E-state index < -0.39 is 11.7 Å². The van der Waals surface area contributed by atoms with Crippen LogP contribution in [0, 0.1) is 13.8 Å². The third kappa shape index (κ3) is 4.65. The smallest absolute Gasteiger partial charge is 0.418 e. The van der Waals surface area contributed by atoms with E-state index in [-0.39, 0.29) is 18.9 Å². The quantitative estimate of drug-likeness (QED) is 0.556. The molecule has 1 N–H and O–H groups in total. The van der Waals surface area contributed by atoms with E-state index >= 15 is 0 Å². The molecule has 29 heavy (non-hydrogen) atoms. The van der Waals surface area contributed by atoms with E-state index in [1.165, 1.54) is 10.8 Å². The summed E-state index contributed by atoms with van der Waals surface area (Å²) < 4.78 is 47.9. The van der Waals surface area contributed by atoms with E-state index in [2.05, 4.69) is 0 Å². The summed E-state index contributed by atoms with van der Waals surface area (Å²) in [4.78, 5) is 0. The third-order valence-corrected chi connectivity index (χ3v) is 5.15. The molecule has 3 aromatic rings. The van der Waals surface area contributed by atoms with Crippen molar-refractivity contribution in [2.24, 2.45) is 0 Å². The van der Waals surface area contributed by atoms with Gasteiger partial charge in [0.25, 0.3) is 0 Å². The number of halogens is 3. The Morgan fingerprint density at radius 2 is 1.69 bits per heavy atom. The van der Waals surface area contributed by atoms with Crippen LogP contribution in [0.25, 0.3) is 5.69 Å².